The molecule has 0 aliphatic carbocycles. The molecule has 0 radical (unpaired) electrons. The number of rotatable bonds is 6. The Kier molecular flexibility index (Phi) is 5.95. The molecule has 0 aromatic heterocycles. The van der Waals surface area contributed by atoms with Crippen molar-refractivity contribution in [3.8, 4) is 18.1 Å². The van der Waals surface area contributed by atoms with Gasteiger partial charge in [0.05, 0.1) is 5.69 Å². The van der Waals surface area contributed by atoms with Gasteiger partial charge in [-0.2, -0.15) is 0 Å². The molecular formula is C16H21NO2. The second-order valence-electron chi connectivity index (χ2n) is 4.52. The van der Waals surface area contributed by atoms with E-state index in [0.29, 0.717) is 19.4 Å². The third-order valence-electron chi connectivity index (χ3n) is 3.06. The van der Waals surface area contributed by atoms with E-state index in [2.05, 4.69) is 5.92 Å². The molecule has 3 heteroatoms. The number of carbonyl (C=O) groups is 1. The number of amides is 1. The van der Waals surface area contributed by atoms with Crippen LogP contribution in [0.4, 0.5) is 5.69 Å². The number of unbranched alkanes of at least 4 members (excludes halogenated alkanes) is 2. The molecule has 0 aliphatic rings. The van der Waals surface area contributed by atoms with Crippen LogP contribution in [0.3, 0.4) is 0 Å². The fourth-order valence-electron chi connectivity index (χ4n) is 2.01. The summed E-state index contributed by atoms with van der Waals surface area (Å²) < 4.78 is 0. The van der Waals surface area contributed by atoms with Crippen LogP contribution in [0.2, 0.25) is 0 Å². The fourth-order valence-corrected chi connectivity index (χ4v) is 2.01. The number of aromatic hydroxyl groups is 1. The molecule has 0 heterocycles. The van der Waals surface area contributed by atoms with Crippen molar-refractivity contribution in [2.45, 2.75) is 39.5 Å². The molecule has 19 heavy (non-hydrogen) atoms. The molecule has 0 bridgehead atoms. The summed E-state index contributed by atoms with van der Waals surface area (Å²) >= 11 is 0. The van der Waals surface area contributed by atoms with Gasteiger partial charge in [-0.3, -0.25) is 4.79 Å². The number of benzene rings is 1. The number of phenolic OH excluding ortho intramolecular Hbond substituents is 1. The van der Waals surface area contributed by atoms with E-state index in [4.69, 9.17) is 6.42 Å². The van der Waals surface area contributed by atoms with Crippen molar-refractivity contribution in [2.24, 2.45) is 0 Å². The standard InChI is InChI=1S/C16H21NO2/c1-4-6-7-8-9-16(19)17(5-2)15-12-14(18)11-10-13(15)3/h1,10-12,18H,5-9H2,2-3H3. The van der Waals surface area contributed by atoms with Crippen LogP contribution in [0, 0.1) is 19.3 Å². The van der Waals surface area contributed by atoms with Crippen molar-refractivity contribution in [3.63, 3.8) is 0 Å². The summed E-state index contributed by atoms with van der Waals surface area (Å²) in [5.74, 6) is 2.83. The normalized spacial score (nSPS) is 9.95. The molecule has 102 valence electrons. The molecule has 1 aromatic rings. The van der Waals surface area contributed by atoms with Crippen molar-refractivity contribution >= 4 is 11.6 Å². The second kappa shape index (κ2) is 7.48. The summed E-state index contributed by atoms with van der Waals surface area (Å²) in [4.78, 5) is 13.9. The Balaban J connectivity index is 2.74. The SMILES string of the molecule is C#CCCCCC(=O)N(CC)c1cc(O)ccc1C. The average molecular weight is 259 g/mol. The van der Waals surface area contributed by atoms with Gasteiger partial charge in [0.2, 0.25) is 5.91 Å². The third-order valence-corrected chi connectivity index (χ3v) is 3.06. The van der Waals surface area contributed by atoms with E-state index in [0.717, 1.165) is 24.1 Å². The summed E-state index contributed by atoms with van der Waals surface area (Å²) in [6, 6.07) is 5.08. The molecule has 0 unspecified atom stereocenters. The Morgan fingerprint density at radius 1 is 1.42 bits per heavy atom. The summed E-state index contributed by atoms with van der Waals surface area (Å²) in [6.45, 7) is 4.46. The van der Waals surface area contributed by atoms with E-state index in [1.165, 1.54) is 0 Å². The van der Waals surface area contributed by atoms with Gasteiger partial charge >= 0.3 is 0 Å². The molecule has 1 N–H and O–H groups in total. The Labute approximate surface area is 115 Å². The average Bonchev–Trinajstić information content (AvgIpc) is 2.39. The van der Waals surface area contributed by atoms with Crippen LogP contribution in [0.5, 0.6) is 5.75 Å². The highest BCUT2D eigenvalue weighted by molar-refractivity contribution is 5.94. The molecule has 0 saturated carbocycles. The van der Waals surface area contributed by atoms with Gasteiger partial charge in [-0.15, -0.1) is 12.3 Å². The van der Waals surface area contributed by atoms with Crippen LogP contribution >= 0.6 is 0 Å². The van der Waals surface area contributed by atoms with Crippen molar-refractivity contribution in [3.05, 3.63) is 23.8 Å². The molecule has 1 amide bonds. The smallest absolute Gasteiger partial charge is 0.226 e. The minimum Gasteiger partial charge on any atom is -0.508 e. The first kappa shape index (κ1) is 15.1. The van der Waals surface area contributed by atoms with Crippen molar-refractivity contribution in [1.29, 1.82) is 0 Å². The number of terminal acetylenes is 1. The maximum atomic E-state index is 12.2. The zero-order valence-electron chi connectivity index (χ0n) is 11.6. The van der Waals surface area contributed by atoms with E-state index < -0.39 is 0 Å². The fraction of sp³-hybridized carbons (Fsp3) is 0.438. The number of nitrogens with zero attached hydrogens (tertiary/aromatic N) is 1. The summed E-state index contributed by atoms with van der Waals surface area (Å²) in [6.07, 6.45) is 8.07. The van der Waals surface area contributed by atoms with Gasteiger partial charge in [-0.1, -0.05) is 6.07 Å². The van der Waals surface area contributed by atoms with Gasteiger partial charge in [0.15, 0.2) is 0 Å². The van der Waals surface area contributed by atoms with Crippen molar-refractivity contribution < 1.29 is 9.90 Å². The summed E-state index contributed by atoms with van der Waals surface area (Å²) in [5.41, 5.74) is 1.76. The number of anilines is 1. The highest BCUT2D eigenvalue weighted by Crippen LogP contribution is 2.25. The minimum atomic E-state index is 0.0771. The quantitative estimate of drug-likeness (QED) is 0.629. The summed E-state index contributed by atoms with van der Waals surface area (Å²) in [5, 5.41) is 9.55. The van der Waals surface area contributed by atoms with Crippen LogP contribution in [-0.4, -0.2) is 17.6 Å². The molecule has 1 aromatic carbocycles. The lowest BCUT2D eigenvalue weighted by Gasteiger charge is -2.23. The van der Waals surface area contributed by atoms with Gasteiger partial charge < -0.3 is 10.0 Å². The number of carbonyl (C=O) groups excluding carboxylic acids is 1. The number of phenols is 1. The van der Waals surface area contributed by atoms with E-state index >= 15 is 0 Å². The molecule has 0 aliphatic heterocycles. The van der Waals surface area contributed by atoms with Gasteiger partial charge in [-0.25, -0.2) is 0 Å². The van der Waals surface area contributed by atoms with Crippen LogP contribution in [0.15, 0.2) is 18.2 Å². The third kappa shape index (κ3) is 4.33. The van der Waals surface area contributed by atoms with Crippen LogP contribution in [0.25, 0.3) is 0 Å². The monoisotopic (exact) mass is 259 g/mol. The lowest BCUT2D eigenvalue weighted by atomic mass is 10.1. The number of hydrogen-bond acceptors (Lipinski definition) is 2. The van der Waals surface area contributed by atoms with E-state index in [1.807, 2.05) is 19.9 Å². The maximum Gasteiger partial charge on any atom is 0.226 e. The highest BCUT2D eigenvalue weighted by Gasteiger charge is 2.15. The van der Waals surface area contributed by atoms with E-state index in [9.17, 15) is 9.90 Å². The molecular weight excluding hydrogens is 238 g/mol. The number of aryl methyl sites for hydroxylation is 1. The highest BCUT2D eigenvalue weighted by atomic mass is 16.3. The first-order valence-corrected chi connectivity index (χ1v) is 6.63. The van der Waals surface area contributed by atoms with Gasteiger partial charge in [0.25, 0.3) is 0 Å². The zero-order valence-corrected chi connectivity index (χ0v) is 11.6. The Morgan fingerprint density at radius 2 is 2.16 bits per heavy atom. The topological polar surface area (TPSA) is 40.5 Å². The molecule has 3 nitrogen and oxygen atoms in total. The minimum absolute atomic E-state index is 0.0771. The Bertz CT molecular complexity index is 474. The van der Waals surface area contributed by atoms with Gasteiger partial charge in [0.1, 0.15) is 5.75 Å². The van der Waals surface area contributed by atoms with Crippen LogP contribution < -0.4 is 4.90 Å². The first-order valence-electron chi connectivity index (χ1n) is 6.63. The molecule has 1 rings (SSSR count). The lowest BCUT2D eigenvalue weighted by Crippen LogP contribution is -2.30. The first-order chi connectivity index (χ1) is 9.10. The summed E-state index contributed by atoms with van der Waals surface area (Å²) in [7, 11) is 0. The predicted molar refractivity (Wildman–Crippen MR) is 78.2 cm³/mol. The Morgan fingerprint density at radius 3 is 2.79 bits per heavy atom. The molecule has 0 spiro atoms. The van der Waals surface area contributed by atoms with Gasteiger partial charge in [0, 0.05) is 25.5 Å². The van der Waals surface area contributed by atoms with E-state index in [-0.39, 0.29) is 11.7 Å². The zero-order chi connectivity index (χ0) is 14.3. The Hall–Kier alpha value is -1.95. The predicted octanol–water partition coefficient (Wildman–Crippen LogP) is 3.25. The van der Waals surface area contributed by atoms with Crippen molar-refractivity contribution in [2.75, 3.05) is 11.4 Å². The van der Waals surface area contributed by atoms with Crippen LogP contribution in [0.1, 0.15) is 38.2 Å². The van der Waals surface area contributed by atoms with Crippen LogP contribution in [-0.2, 0) is 4.79 Å². The van der Waals surface area contributed by atoms with Gasteiger partial charge in [-0.05, 0) is 38.3 Å². The lowest BCUT2D eigenvalue weighted by molar-refractivity contribution is -0.118. The van der Waals surface area contributed by atoms with Crippen molar-refractivity contribution in [1.82, 2.24) is 0 Å². The maximum absolute atomic E-state index is 12.2. The van der Waals surface area contributed by atoms with E-state index in [1.54, 1.807) is 17.0 Å². The second-order valence-corrected chi connectivity index (χ2v) is 4.52. The largest absolute Gasteiger partial charge is 0.508 e. The molecule has 0 fully saturated rings. The molecule has 0 saturated heterocycles. The molecule has 0 atom stereocenters. The number of hydrogen-bond donors (Lipinski definition) is 1.